The fourth-order valence-corrected chi connectivity index (χ4v) is 5.85. The third-order valence-corrected chi connectivity index (χ3v) is 8.18. The molecule has 38 heavy (non-hydrogen) atoms. The summed E-state index contributed by atoms with van der Waals surface area (Å²) in [4.78, 5) is 34.8. The van der Waals surface area contributed by atoms with E-state index in [9.17, 15) is 14.4 Å². The molecule has 0 aromatic heterocycles. The molecule has 10 nitrogen and oxygen atoms in total. The lowest BCUT2D eigenvalue weighted by molar-refractivity contribution is -0.143. The second-order valence-corrected chi connectivity index (χ2v) is 11.7. The van der Waals surface area contributed by atoms with Crippen LogP contribution < -0.4 is 21.7 Å². The highest BCUT2D eigenvalue weighted by molar-refractivity contribution is 8.00. The van der Waals surface area contributed by atoms with Crippen molar-refractivity contribution >= 4 is 29.7 Å². The van der Waals surface area contributed by atoms with E-state index in [0.717, 1.165) is 96.0 Å². The third kappa shape index (κ3) is 18.7. The van der Waals surface area contributed by atoms with E-state index in [2.05, 4.69) is 29.8 Å². The summed E-state index contributed by atoms with van der Waals surface area (Å²) in [6.45, 7) is 7.78. The monoisotopic (exact) mass is 557 g/mol. The molecule has 1 aliphatic heterocycles. The zero-order valence-electron chi connectivity index (χ0n) is 23.7. The SMILES string of the molecule is CCCN([NH-])C(C)CNCCCCCC(=O)OCCCCCNC(=O)CCCCC1C[C@@H](NC(N)=O)CS1. The number of primary amides is 1. The molecule has 0 aromatic carbocycles. The van der Waals surface area contributed by atoms with E-state index in [-0.39, 0.29) is 24.0 Å². The lowest BCUT2D eigenvalue weighted by atomic mass is 10.1. The number of nitrogens with one attached hydrogen (secondary N) is 4. The molecule has 0 aromatic rings. The molecule has 1 rings (SSSR count). The molecular formula is C27H53N6O4S-. The summed E-state index contributed by atoms with van der Waals surface area (Å²) in [6.07, 6.45) is 11.4. The van der Waals surface area contributed by atoms with Gasteiger partial charge in [0, 0.05) is 49.0 Å². The first-order chi connectivity index (χ1) is 18.3. The van der Waals surface area contributed by atoms with Gasteiger partial charge in [0.2, 0.25) is 5.91 Å². The van der Waals surface area contributed by atoms with Crippen LogP contribution in [-0.2, 0) is 14.3 Å². The van der Waals surface area contributed by atoms with Gasteiger partial charge in [0.1, 0.15) is 0 Å². The van der Waals surface area contributed by atoms with Gasteiger partial charge in [-0.05, 0) is 77.8 Å². The van der Waals surface area contributed by atoms with Gasteiger partial charge in [-0.3, -0.25) is 9.59 Å². The Bertz CT molecular complexity index is 657. The predicted octanol–water partition coefficient (Wildman–Crippen LogP) is 4.14. The van der Waals surface area contributed by atoms with Crippen molar-refractivity contribution in [1.82, 2.24) is 21.0 Å². The van der Waals surface area contributed by atoms with Gasteiger partial charge < -0.3 is 37.3 Å². The largest absolute Gasteiger partial charge is 0.609 e. The van der Waals surface area contributed by atoms with E-state index in [1.165, 1.54) is 0 Å². The number of ether oxygens (including phenoxy) is 1. The Hall–Kier alpha value is -1.56. The van der Waals surface area contributed by atoms with Crippen LogP contribution in [0.4, 0.5) is 4.79 Å². The number of amides is 3. The minimum Gasteiger partial charge on any atom is -0.609 e. The van der Waals surface area contributed by atoms with Crippen LogP contribution >= 0.6 is 11.8 Å². The van der Waals surface area contributed by atoms with Gasteiger partial charge in [0.15, 0.2) is 0 Å². The van der Waals surface area contributed by atoms with Crippen LogP contribution in [0.25, 0.3) is 5.84 Å². The molecule has 6 N–H and O–H groups in total. The molecule has 2 unspecified atom stereocenters. The van der Waals surface area contributed by atoms with Gasteiger partial charge in [0.25, 0.3) is 0 Å². The molecule has 3 amide bonds. The normalized spacial score (nSPS) is 17.9. The van der Waals surface area contributed by atoms with Gasteiger partial charge in [-0.2, -0.15) is 11.8 Å². The molecule has 0 bridgehead atoms. The molecule has 1 fully saturated rings. The lowest BCUT2D eigenvalue weighted by Crippen LogP contribution is -2.38. The first-order valence-electron chi connectivity index (χ1n) is 14.6. The second-order valence-electron chi connectivity index (χ2n) is 10.3. The molecule has 11 heteroatoms. The highest BCUT2D eigenvalue weighted by Gasteiger charge is 2.25. The van der Waals surface area contributed by atoms with Crippen LogP contribution in [0.15, 0.2) is 0 Å². The number of hydrogen-bond acceptors (Lipinski definition) is 7. The number of unbranched alkanes of at least 4 members (excludes halogenated alkanes) is 5. The Kier molecular flexibility index (Phi) is 20.2. The van der Waals surface area contributed by atoms with Crippen molar-refractivity contribution < 1.29 is 19.1 Å². The summed E-state index contributed by atoms with van der Waals surface area (Å²) in [6, 6.07) is -0.0629. The van der Waals surface area contributed by atoms with Gasteiger partial charge in [-0.15, -0.1) is 0 Å². The highest BCUT2D eigenvalue weighted by atomic mass is 32.2. The first-order valence-corrected chi connectivity index (χ1v) is 15.6. The molecule has 0 saturated carbocycles. The van der Waals surface area contributed by atoms with Crippen molar-refractivity contribution in [1.29, 1.82) is 0 Å². The minimum absolute atomic E-state index is 0.100. The number of rotatable bonds is 23. The number of carbonyl (C=O) groups is 3. The second kappa shape index (κ2) is 22.3. The van der Waals surface area contributed by atoms with Crippen molar-refractivity contribution in [2.24, 2.45) is 5.73 Å². The van der Waals surface area contributed by atoms with Crippen LogP contribution in [0.5, 0.6) is 0 Å². The molecule has 0 aliphatic carbocycles. The molecule has 3 atom stereocenters. The Morgan fingerprint density at radius 1 is 1.05 bits per heavy atom. The molecule has 1 saturated heterocycles. The highest BCUT2D eigenvalue weighted by Crippen LogP contribution is 2.30. The Labute approximate surface area is 234 Å². The Balaban J connectivity index is 1.84. The Morgan fingerprint density at radius 2 is 1.79 bits per heavy atom. The van der Waals surface area contributed by atoms with E-state index in [1.54, 1.807) is 5.01 Å². The topological polar surface area (TPSA) is 150 Å². The van der Waals surface area contributed by atoms with Crippen LogP contribution in [0.3, 0.4) is 0 Å². The van der Waals surface area contributed by atoms with Gasteiger partial charge in [0.05, 0.1) is 6.61 Å². The van der Waals surface area contributed by atoms with E-state index in [1.807, 2.05) is 11.8 Å². The predicted molar refractivity (Wildman–Crippen MR) is 156 cm³/mol. The van der Waals surface area contributed by atoms with E-state index in [4.69, 9.17) is 16.3 Å². The zero-order valence-corrected chi connectivity index (χ0v) is 24.5. The van der Waals surface area contributed by atoms with E-state index in [0.29, 0.717) is 31.2 Å². The van der Waals surface area contributed by atoms with E-state index < -0.39 is 6.03 Å². The standard InChI is InChI=1S/C27H53N6O4S/c1-3-17-33(29)22(2)20-30-15-9-4-6-14-26(35)37-18-11-5-10-16-31-25(34)13-8-7-12-24-19-23(21-38-24)32-27(28)36/h22-24,29-30H,3-21H2,1-2H3,(H,31,34)(H3,28,32,36)/q-1/t22?,23-,24?/m1/s1. The molecule has 1 heterocycles. The van der Waals surface area contributed by atoms with Crippen molar-refractivity contribution in [3.05, 3.63) is 5.84 Å². The van der Waals surface area contributed by atoms with Crippen LogP contribution in [0.2, 0.25) is 0 Å². The Morgan fingerprint density at radius 3 is 2.55 bits per heavy atom. The number of carbonyl (C=O) groups excluding carboxylic acids is 3. The summed E-state index contributed by atoms with van der Waals surface area (Å²) >= 11 is 1.88. The molecule has 222 valence electrons. The summed E-state index contributed by atoms with van der Waals surface area (Å²) in [5, 5.41) is 11.3. The summed E-state index contributed by atoms with van der Waals surface area (Å²) in [5.41, 5.74) is 5.18. The van der Waals surface area contributed by atoms with Crippen molar-refractivity contribution in [2.75, 3.05) is 38.5 Å². The molecule has 0 spiro atoms. The first kappa shape index (κ1) is 34.5. The number of nitrogens with two attached hydrogens (primary N) is 1. The number of nitrogens with zero attached hydrogens (tertiary/aromatic N) is 1. The molecule has 0 radical (unpaired) electrons. The molecular weight excluding hydrogens is 504 g/mol. The van der Waals surface area contributed by atoms with Crippen molar-refractivity contribution in [3.63, 3.8) is 0 Å². The van der Waals surface area contributed by atoms with Crippen molar-refractivity contribution in [2.45, 2.75) is 115 Å². The maximum absolute atomic E-state index is 12.0. The smallest absolute Gasteiger partial charge is 0.312 e. The maximum Gasteiger partial charge on any atom is 0.312 e. The van der Waals surface area contributed by atoms with Gasteiger partial charge >= 0.3 is 12.0 Å². The number of hydrogen-bond donors (Lipinski definition) is 4. The summed E-state index contributed by atoms with van der Waals surface area (Å²) in [7, 11) is 0. The van der Waals surface area contributed by atoms with Crippen LogP contribution in [0.1, 0.15) is 97.3 Å². The fourth-order valence-electron chi connectivity index (χ4n) is 4.42. The van der Waals surface area contributed by atoms with Gasteiger partial charge in [-0.1, -0.05) is 19.8 Å². The van der Waals surface area contributed by atoms with Crippen LogP contribution in [-0.4, -0.2) is 78.8 Å². The third-order valence-electron chi connectivity index (χ3n) is 6.68. The maximum atomic E-state index is 12.0. The average Bonchev–Trinajstić information content (AvgIpc) is 3.31. The average molecular weight is 558 g/mol. The minimum atomic E-state index is -0.453. The summed E-state index contributed by atoms with van der Waals surface area (Å²) < 4.78 is 5.31. The fraction of sp³-hybridized carbons (Fsp3) is 0.889. The van der Waals surface area contributed by atoms with Gasteiger partial charge in [-0.25, -0.2) is 4.79 Å². The lowest BCUT2D eigenvalue weighted by Gasteiger charge is -2.33. The van der Waals surface area contributed by atoms with Crippen LogP contribution in [0, 0.1) is 0 Å². The van der Waals surface area contributed by atoms with E-state index >= 15 is 0 Å². The summed E-state index contributed by atoms with van der Waals surface area (Å²) in [5.74, 6) is 8.76. The van der Waals surface area contributed by atoms with Crippen molar-refractivity contribution in [3.8, 4) is 0 Å². The zero-order chi connectivity index (χ0) is 28.0. The number of thioether (sulfide) groups is 1. The number of esters is 1. The number of urea groups is 1. The molecule has 1 aliphatic rings. The quantitative estimate of drug-likeness (QED) is 0.0838.